The summed E-state index contributed by atoms with van der Waals surface area (Å²) >= 11 is 1.78. The van der Waals surface area contributed by atoms with Crippen molar-refractivity contribution < 1.29 is 4.79 Å². The predicted octanol–water partition coefficient (Wildman–Crippen LogP) is 6.59. The van der Waals surface area contributed by atoms with Crippen molar-refractivity contribution >= 4 is 29.0 Å². The lowest BCUT2D eigenvalue weighted by molar-refractivity contribution is -0.121. The van der Waals surface area contributed by atoms with Gasteiger partial charge in [-0.05, 0) is 35.4 Å². The normalized spacial score (nSPS) is 12.2. The number of benzene rings is 4. The van der Waals surface area contributed by atoms with Crippen molar-refractivity contribution in [1.29, 1.82) is 0 Å². The van der Waals surface area contributed by atoms with Crippen LogP contribution in [0.5, 0.6) is 0 Å². The zero-order chi connectivity index (χ0) is 21.8. The molecule has 158 valence electrons. The molecule has 0 unspecified atom stereocenters. The van der Waals surface area contributed by atoms with Gasteiger partial charge in [-0.25, -0.2) is 0 Å². The van der Waals surface area contributed by atoms with Gasteiger partial charge in [0.05, 0.1) is 17.4 Å². The first-order valence-electron chi connectivity index (χ1n) is 10.8. The molecule has 0 saturated carbocycles. The van der Waals surface area contributed by atoms with Crippen LogP contribution < -0.4 is 10.2 Å². The predicted molar refractivity (Wildman–Crippen MR) is 131 cm³/mol. The number of anilines is 2. The molecule has 3 nitrogen and oxygen atoms in total. The Labute approximate surface area is 193 Å². The third-order valence-electron chi connectivity index (χ3n) is 5.67. The van der Waals surface area contributed by atoms with E-state index in [1.165, 1.54) is 9.79 Å². The van der Waals surface area contributed by atoms with Crippen LogP contribution in [-0.2, 0) is 4.79 Å². The summed E-state index contributed by atoms with van der Waals surface area (Å²) in [5, 5.41) is 3.27. The number of hydrogen-bond acceptors (Lipinski definition) is 3. The molecule has 1 amide bonds. The lowest BCUT2D eigenvalue weighted by atomic mass is 9.98. The standard InChI is InChI=1S/C28H24N2OS/c31-27(29-28(21-11-3-1-4-12-21)22-13-5-2-6-14-22)19-20-30-23-15-7-9-17-25(23)32-26-18-10-8-16-24(26)30/h1-18,28H,19-20H2,(H,29,31). The van der Waals surface area contributed by atoms with Crippen LogP contribution in [0.15, 0.2) is 119 Å². The highest BCUT2D eigenvalue weighted by Gasteiger charge is 2.24. The molecule has 0 spiro atoms. The summed E-state index contributed by atoms with van der Waals surface area (Å²) in [6, 6.07) is 36.9. The van der Waals surface area contributed by atoms with E-state index in [1.54, 1.807) is 11.8 Å². The van der Waals surface area contributed by atoms with Crippen LogP contribution in [0.2, 0.25) is 0 Å². The molecule has 4 aromatic rings. The van der Waals surface area contributed by atoms with Gasteiger partial charge in [0, 0.05) is 22.8 Å². The number of amides is 1. The number of carbonyl (C=O) groups is 1. The van der Waals surface area contributed by atoms with E-state index >= 15 is 0 Å². The molecule has 1 N–H and O–H groups in total. The molecule has 0 saturated heterocycles. The van der Waals surface area contributed by atoms with E-state index in [9.17, 15) is 4.79 Å². The summed E-state index contributed by atoms with van der Waals surface area (Å²) in [6.45, 7) is 0.622. The number of rotatable bonds is 6. The molecular weight excluding hydrogens is 412 g/mol. The van der Waals surface area contributed by atoms with E-state index in [1.807, 2.05) is 36.4 Å². The largest absolute Gasteiger partial charge is 0.345 e. The number of hydrogen-bond donors (Lipinski definition) is 1. The fourth-order valence-electron chi connectivity index (χ4n) is 4.12. The Hall–Kier alpha value is -3.50. The quantitative estimate of drug-likeness (QED) is 0.370. The SMILES string of the molecule is O=C(CCN1c2ccccc2Sc2ccccc21)NC(c1ccccc1)c1ccccc1. The Morgan fingerprint density at radius 3 is 1.69 bits per heavy atom. The van der Waals surface area contributed by atoms with Crippen LogP contribution in [0.25, 0.3) is 0 Å². The fraction of sp³-hybridized carbons (Fsp3) is 0.107. The maximum Gasteiger partial charge on any atom is 0.222 e. The number of nitrogens with one attached hydrogen (secondary N) is 1. The molecule has 0 atom stereocenters. The highest BCUT2D eigenvalue weighted by Crippen LogP contribution is 2.47. The molecule has 4 aromatic carbocycles. The molecule has 0 aliphatic carbocycles. The lowest BCUT2D eigenvalue weighted by Crippen LogP contribution is -2.32. The van der Waals surface area contributed by atoms with Crippen molar-refractivity contribution in [2.45, 2.75) is 22.3 Å². The monoisotopic (exact) mass is 436 g/mol. The minimum Gasteiger partial charge on any atom is -0.345 e. The van der Waals surface area contributed by atoms with Crippen molar-refractivity contribution in [3.05, 3.63) is 120 Å². The van der Waals surface area contributed by atoms with Crippen LogP contribution in [0.4, 0.5) is 11.4 Å². The van der Waals surface area contributed by atoms with Gasteiger partial charge in [0.15, 0.2) is 0 Å². The molecule has 0 radical (unpaired) electrons. The van der Waals surface area contributed by atoms with E-state index in [0.29, 0.717) is 13.0 Å². The van der Waals surface area contributed by atoms with Gasteiger partial charge in [0.1, 0.15) is 0 Å². The Morgan fingerprint density at radius 2 is 1.16 bits per heavy atom. The smallest absolute Gasteiger partial charge is 0.222 e. The molecule has 5 rings (SSSR count). The summed E-state index contributed by atoms with van der Waals surface area (Å²) < 4.78 is 0. The van der Waals surface area contributed by atoms with Gasteiger partial charge in [-0.15, -0.1) is 0 Å². The summed E-state index contributed by atoms with van der Waals surface area (Å²) in [6.07, 6.45) is 0.406. The molecule has 0 aromatic heterocycles. The molecule has 32 heavy (non-hydrogen) atoms. The van der Waals surface area contributed by atoms with E-state index in [-0.39, 0.29) is 11.9 Å². The first-order valence-corrected chi connectivity index (χ1v) is 11.6. The van der Waals surface area contributed by atoms with Crippen molar-refractivity contribution in [3.63, 3.8) is 0 Å². The van der Waals surface area contributed by atoms with Gasteiger partial charge in [-0.1, -0.05) is 96.7 Å². The summed E-state index contributed by atoms with van der Waals surface area (Å²) in [5.41, 5.74) is 4.48. The third kappa shape index (κ3) is 4.27. The average molecular weight is 437 g/mol. The summed E-state index contributed by atoms with van der Waals surface area (Å²) in [4.78, 5) is 17.8. The van der Waals surface area contributed by atoms with Crippen LogP contribution in [0, 0.1) is 0 Å². The van der Waals surface area contributed by atoms with Crippen molar-refractivity contribution in [1.82, 2.24) is 5.32 Å². The third-order valence-corrected chi connectivity index (χ3v) is 6.80. The number of fused-ring (bicyclic) bond motifs is 2. The molecule has 1 heterocycles. The number of carbonyl (C=O) groups excluding carboxylic acids is 1. The second-order valence-electron chi connectivity index (χ2n) is 7.76. The van der Waals surface area contributed by atoms with Crippen LogP contribution in [0.1, 0.15) is 23.6 Å². The van der Waals surface area contributed by atoms with Gasteiger partial charge in [0.2, 0.25) is 5.91 Å². The zero-order valence-electron chi connectivity index (χ0n) is 17.6. The molecule has 0 fully saturated rings. The van der Waals surface area contributed by atoms with Crippen molar-refractivity contribution in [2.75, 3.05) is 11.4 Å². The van der Waals surface area contributed by atoms with E-state index in [2.05, 4.69) is 83.0 Å². The summed E-state index contributed by atoms with van der Waals surface area (Å²) in [7, 11) is 0. The van der Waals surface area contributed by atoms with Crippen LogP contribution in [0.3, 0.4) is 0 Å². The Bertz CT molecular complexity index is 1130. The highest BCUT2D eigenvalue weighted by atomic mass is 32.2. The molecule has 4 heteroatoms. The lowest BCUT2D eigenvalue weighted by Gasteiger charge is -2.32. The van der Waals surface area contributed by atoms with E-state index < -0.39 is 0 Å². The van der Waals surface area contributed by atoms with E-state index in [4.69, 9.17) is 0 Å². The van der Waals surface area contributed by atoms with Gasteiger partial charge >= 0.3 is 0 Å². The molecule has 1 aliphatic heterocycles. The fourth-order valence-corrected chi connectivity index (χ4v) is 5.21. The Balaban J connectivity index is 1.36. The number of nitrogens with zero attached hydrogens (tertiary/aromatic N) is 1. The molecule has 0 bridgehead atoms. The Kier molecular flexibility index (Phi) is 5.95. The first kappa shape index (κ1) is 20.4. The summed E-state index contributed by atoms with van der Waals surface area (Å²) in [5.74, 6) is 0.0379. The second kappa shape index (κ2) is 9.33. The van der Waals surface area contributed by atoms with Crippen molar-refractivity contribution in [3.8, 4) is 0 Å². The Morgan fingerprint density at radius 1 is 0.688 bits per heavy atom. The highest BCUT2D eigenvalue weighted by molar-refractivity contribution is 7.99. The zero-order valence-corrected chi connectivity index (χ0v) is 18.5. The maximum absolute atomic E-state index is 13.1. The maximum atomic E-state index is 13.1. The van der Waals surface area contributed by atoms with Gasteiger partial charge in [-0.2, -0.15) is 0 Å². The molecule has 1 aliphatic rings. The topological polar surface area (TPSA) is 32.3 Å². The van der Waals surface area contributed by atoms with Crippen LogP contribution >= 0.6 is 11.8 Å². The van der Waals surface area contributed by atoms with Gasteiger partial charge in [0.25, 0.3) is 0 Å². The minimum absolute atomic E-state index is 0.0379. The van der Waals surface area contributed by atoms with Gasteiger partial charge in [-0.3, -0.25) is 4.79 Å². The second-order valence-corrected chi connectivity index (χ2v) is 8.84. The first-order chi connectivity index (χ1) is 15.8. The van der Waals surface area contributed by atoms with Crippen LogP contribution in [-0.4, -0.2) is 12.5 Å². The average Bonchev–Trinajstić information content (AvgIpc) is 2.86. The number of para-hydroxylation sites is 2. The van der Waals surface area contributed by atoms with Gasteiger partial charge < -0.3 is 10.2 Å². The van der Waals surface area contributed by atoms with Crippen molar-refractivity contribution in [2.24, 2.45) is 0 Å². The molecular formula is C28H24N2OS. The van der Waals surface area contributed by atoms with E-state index in [0.717, 1.165) is 22.5 Å². The minimum atomic E-state index is -0.165.